The zero-order valence-electron chi connectivity index (χ0n) is 15.1. The smallest absolute Gasteiger partial charge is 0.191 e. The minimum absolute atomic E-state index is 0.557. The van der Waals surface area contributed by atoms with Gasteiger partial charge in [-0.3, -0.25) is 9.98 Å². The molecule has 0 spiro atoms. The molecule has 6 nitrogen and oxygen atoms in total. The molecule has 2 heterocycles. The van der Waals surface area contributed by atoms with Crippen LogP contribution in [-0.2, 0) is 6.54 Å². The predicted octanol–water partition coefficient (Wildman–Crippen LogP) is 2.67. The number of nitrogens with one attached hydrogen (secondary N) is 2. The number of nitrogens with zero attached hydrogens (tertiary/aromatic N) is 3. The van der Waals surface area contributed by atoms with E-state index in [0.29, 0.717) is 13.2 Å². The molecule has 2 N–H and O–H groups in total. The highest BCUT2D eigenvalue weighted by Gasteiger charge is 2.01. The van der Waals surface area contributed by atoms with Crippen LogP contribution in [0.3, 0.4) is 0 Å². The Labute approximate surface area is 153 Å². The van der Waals surface area contributed by atoms with Crippen molar-refractivity contribution in [2.75, 3.05) is 26.7 Å². The van der Waals surface area contributed by atoms with Gasteiger partial charge in [0.1, 0.15) is 12.4 Å². The van der Waals surface area contributed by atoms with E-state index < -0.39 is 0 Å². The molecule has 2 aromatic heterocycles. The lowest BCUT2D eigenvalue weighted by Gasteiger charge is -2.13. The van der Waals surface area contributed by atoms with Gasteiger partial charge < -0.3 is 19.9 Å². The van der Waals surface area contributed by atoms with Gasteiger partial charge in [-0.1, -0.05) is 18.2 Å². The first-order valence-corrected chi connectivity index (χ1v) is 8.88. The normalized spacial score (nSPS) is 11.5. The van der Waals surface area contributed by atoms with E-state index in [1.54, 1.807) is 19.4 Å². The Morgan fingerprint density at radius 2 is 2.00 bits per heavy atom. The molecule has 0 aliphatic heterocycles. The van der Waals surface area contributed by atoms with Gasteiger partial charge >= 0.3 is 0 Å². The van der Waals surface area contributed by atoms with Crippen LogP contribution in [0.4, 0.5) is 0 Å². The number of benzene rings is 1. The maximum atomic E-state index is 5.61. The van der Waals surface area contributed by atoms with E-state index >= 15 is 0 Å². The summed E-state index contributed by atoms with van der Waals surface area (Å²) in [6.07, 6.45) is 6.60. The number of hydrogen-bond acceptors (Lipinski definition) is 3. The first kappa shape index (κ1) is 17.8. The van der Waals surface area contributed by atoms with Crippen LogP contribution in [0.2, 0.25) is 0 Å². The largest absolute Gasteiger partial charge is 0.490 e. The molecular formula is C20H25N5O. The topological polar surface area (TPSA) is 63.5 Å². The van der Waals surface area contributed by atoms with Crippen molar-refractivity contribution in [2.45, 2.75) is 13.0 Å². The Hall–Kier alpha value is -3.02. The summed E-state index contributed by atoms with van der Waals surface area (Å²) in [5.41, 5.74) is 1.28. The first-order valence-electron chi connectivity index (χ1n) is 8.88. The van der Waals surface area contributed by atoms with Gasteiger partial charge in [0.05, 0.1) is 12.7 Å². The van der Waals surface area contributed by atoms with Gasteiger partial charge in [-0.2, -0.15) is 0 Å². The standard InChI is InChI=1S/C20H25N5O/c1-21-20(24-12-15-26-18-7-4-10-22-16-18)23-11-5-13-25-14-9-17-6-2-3-8-19(17)25/h2-4,6-10,14,16H,5,11-13,15H2,1H3,(H2,21,23,24). The minimum Gasteiger partial charge on any atom is -0.490 e. The maximum Gasteiger partial charge on any atom is 0.191 e. The number of para-hydroxylation sites is 1. The fraction of sp³-hybridized carbons (Fsp3) is 0.300. The average Bonchev–Trinajstić information content (AvgIpc) is 3.11. The Morgan fingerprint density at radius 3 is 2.85 bits per heavy atom. The fourth-order valence-electron chi connectivity index (χ4n) is 2.78. The van der Waals surface area contributed by atoms with Gasteiger partial charge in [0.15, 0.2) is 5.96 Å². The molecule has 136 valence electrons. The van der Waals surface area contributed by atoms with Crippen molar-refractivity contribution < 1.29 is 4.74 Å². The molecule has 0 amide bonds. The van der Waals surface area contributed by atoms with Crippen molar-refractivity contribution >= 4 is 16.9 Å². The van der Waals surface area contributed by atoms with E-state index in [2.05, 4.69) is 61.7 Å². The molecule has 0 atom stereocenters. The molecule has 0 fully saturated rings. The molecule has 3 aromatic rings. The number of ether oxygens (including phenoxy) is 1. The van der Waals surface area contributed by atoms with E-state index in [0.717, 1.165) is 31.2 Å². The number of guanidine groups is 1. The average molecular weight is 351 g/mol. The summed E-state index contributed by atoms with van der Waals surface area (Å²) in [4.78, 5) is 8.26. The molecule has 1 aromatic carbocycles. The molecule has 0 saturated carbocycles. The lowest BCUT2D eigenvalue weighted by Crippen LogP contribution is -2.39. The molecule has 26 heavy (non-hydrogen) atoms. The second-order valence-electron chi connectivity index (χ2n) is 5.88. The van der Waals surface area contributed by atoms with Crippen LogP contribution in [0.1, 0.15) is 6.42 Å². The molecular weight excluding hydrogens is 326 g/mol. The molecule has 6 heteroatoms. The van der Waals surface area contributed by atoms with Gasteiger partial charge in [0.2, 0.25) is 0 Å². The Morgan fingerprint density at radius 1 is 1.12 bits per heavy atom. The van der Waals surface area contributed by atoms with Crippen molar-refractivity contribution in [3.05, 3.63) is 61.1 Å². The summed E-state index contributed by atoms with van der Waals surface area (Å²) in [7, 11) is 1.77. The molecule has 0 aliphatic rings. The molecule has 0 unspecified atom stereocenters. The molecule has 0 saturated heterocycles. The predicted molar refractivity (Wildman–Crippen MR) is 106 cm³/mol. The van der Waals surface area contributed by atoms with Crippen LogP contribution >= 0.6 is 0 Å². The monoisotopic (exact) mass is 351 g/mol. The van der Waals surface area contributed by atoms with Crippen LogP contribution in [0.5, 0.6) is 5.75 Å². The van der Waals surface area contributed by atoms with Crippen LogP contribution in [-0.4, -0.2) is 42.3 Å². The van der Waals surface area contributed by atoms with Crippen molar-refractivity contribution in [3.8, 4) is 5.75 Å². The van der Waals surface area contributed by atoms with Gasteiger partial charge in [-0.15, -0.1) is 0 Å². The third kappa shape index (κ3) is 4.99. The third-order valence-electron chi connectivity index (χ3n) is 4.07. The van der Waals surface area contributed by atoms with Crippen molar-refractivity contribution in [1.82, 2.24) is 20.2 Å². The number of rotatable bonds is 8. The van der Waals surface area contributed by atoms with Crippen molar-refractivity contribution in [2.24, 2.45) is 4.99 Å². The van der Waals surface area contributed by atoms with Crippen LogP contribution in [0.15, 0.2) is 66.0 Å². The van der Waals surface area contributed by atoms with E-state index in [1.807, 2.05) is 12.1 Å². The number of hydrogen-bond donors (Lipinski definition) is 2. The minimum atomic E-state index is 0.557. The summed E-state index contributed by atoms with van der Waals surface area (Å²) < 4.78 is 7.89. The summed E-state index contributed by atoms with van der Waals surface area (Å²) >= 11 is 0. The number of aryl methyl sites for hydroxylation is 1. The number of fused-ring (bicyclic) bond motifs is 1. The zero-order chi connectivity index (χ0) is 18.0. The highest BCUT2D eigenvalue weighted by molar-refractivity contribution is 5.80. The van der Waals surface area contributed by atoms with Crippen molar-refractivity contribution in [1.29, 1.82) is 0 Å². The van der Waals surface area contributed by atoms with Gasteiger partial charge in [0.25, 0.3) is 0 Å². The molecule has 0 bridgehead atoms. The lowest BCUT2D eigenvalue weighted by atomic mass is 10.2. The third-order valence-corrected chi connectivity index (χ3v) is 4.07. The summed E-state index contributed by atoms with van der Waals surface area (Å²) in [6.45, 7) is 3.07. The Bertz CT molecular complexity index is 828. The van der Waals surface area contributed by atoms with Crippen molar-refractivity contribution in [3.63, 3.8) is 0 Å². The maximum absolute atomic E-state index is 5.61. The Balaban J connectivity index is 1.34. The van der Waals surface area contributed by atoms with E-state index in [4.69, 9.17) is 4.74 Å². The van der Waals surface area contributed by atoms with Gasteiger partial charge in [-0.25, -0.2) is 0 Å². The Kier molecular flexibility index (Phi) is 6.47. The van der Waals surface area contributed by atoms with Crippen LogP contribution in [0.25, 0.3) is 10.9 Å². The summed E-state index contributed by atoms with van der Waals surface area (Å²) in [5, 5.41) is 7.87. The summed E-state index contributed by atoms with van der Waals surface area (Å²) in [5.74, 6) is 1.56. The highest BCUT2D eigenvalue weighted by atomic mass is 16.5. The van der Waals surface area contributed by atoms with Gasteiger partial charge in [0, 0.05) is 38.0 Å². The van der Waals surface area contributed by atoms with Gasteiger partial charge in [-0.05, 0) is 36.1 Å². The highest BCUT2D eigenvalue weighted by Crippen LogP contribution is 2.15. The molecule has 0 aliphatic carbocycles. The lowest BCUT2D eigenvalue weighted by molar-refractivity contribution is 0.320. The summed E-state index contributed by atoms with van der Waals surface area (Å²) in [6, 6.07) is 14.4. The number of aliphatic imine (C=N–C) groups is 1. The second-order valence-corrected chi connectivity index (χ2v) is 5.88. The van der Waals surface area contributed by atoms with Crippen LogP contribution in [0, 0.1) is 0 Å². The number of pyridine rings is 1. The first-order chi connectivity index (χ1) is 12.9. The molecule has 3 rings (SSSR count). The van der Waals surface area contributed by atoms with E-state index in [-0.39, 0.29) is 0 Å². The SMILES string of the molecule is CN=C(NCCCn1ccc2ccccc21)NCCOc1cccnc1. The molecule has 0 radical (unpaired) electrons. The quantitative estimate of drug-likeness (QED) is 0.372. The van der Waals surface area contributed by atoms with E-state index in [1.165, 1.54) is 10.9 Å². The second kappa shape index (κ2) is 9.46. The fourth-order valence-corrected chi connectivity index (χ4v) is 2.78. The zero-order valence-corrected chi connectivity index (χ0v) is 15.1. The van der Waals surface area contributed by atoms with E-state index in [9.17, 15) is 0 Å². The van der Waals surface area contributed by atoms with Crippen LogP contribution < -0.4 is 15.4 Å². The number of aromatic nitrogens is 2.